The average molecular weight is 299 g/mol. The molecular weight excluding hydrogens is 282 g/mol. The van der Waals surface area contributed by atoms with Gasteiger partial charge in [0, 0.05) is 17.7 Å². The van der Waals surface area contributed by atoms with Crippen LogP contribution in [-0.2, 0) is 11.2 Å². The fraction of sp³-hybridized carbons (Fsp3) is 0.235. The van der Waals surface area contributed by atoms with Crippen molar-refractivity contribution in [2.75, 3.05) is 0 Å². The van der Waals surface area contributed by atoms with E-state index in [9.17, 15) is 14.8 Å². The average Bonchev–Trinajstić information content (AvgIpc) is 2.54. The van der Waals surface area contributed by atoms with Gasteiger partial charge in [0.15, 0.2) is 18.5 Å². The number of aromatic nitrogens is 1. The third-order valence-electron chi connectivity index (χ3n) is 3.34. The van der Waals surface area contributed by atoms with E-state index in [0.29, 0.717) is 10.3 Å². The second kappa shape index (κ2) is 6.85. The molecule has 1 aromatic heterocycles. The van der Waals surface area contributed by atoms with E-state index in [1.54, 1.807) is 12.1 Å². The SMILES string of the molecule is CCc1ccc(C(=O)[C@H](C)OC(=O)c2cc[n+]([O-])cc2)cc1. The summed E-state index contributed by atoms with van der Waals surface area (Å²) in [5, 5.41) is 10.9. The van der Waals surface area contributed by atoms with Crippen LogP contribution in [0.5, 0.6) is 0 Å². The molecule has 5 heteroatoms. The summed E-state index contributed by atoms with van der Waals surface area (Å²) in [7, 11) is 0. The van der Waals surface area contributed by atoms with E-state index in [-0.39, 0.29) is 11.3 Å². The molecule has 2 aromatic rings. The fourth-order valence-electron chi connectivity index (χ4n) is 1.97. The van der Waals surface area contributed by atoms with Crippen molar-refractivity contribution >= 4 is 11.8 Å². The predicted molar refractivity (Wildman–Crippen MR) is 80.4 cm³/mol. The van der Waals surface area contributed by atoms with Crippen LogP contribution >= 0.6 is 0 Å². The van der Waals surface area contributed by atoms with Gasteiger partial charge in [-0.3, -0.25) is 4.79 Å². The zero-order valence-electron chi connectivity index (χ0n) is 12.5. The molecule has 0 radical (unpaired) electrons. The molecule has 22 heavy (non-hydrogen) atoms. The van der Waals surface area contributed by atoms with Crippen LogP contribution in [0.1, 0.15) is 40.1 Å². The van der Waals surface area contributed by atoms with E-state index >= 15 is 0 Å². The molecule has 2 rings (SSSR count). The predicted octanol–water partition coefficient (Wildman–Crippen LogP) is 2.31. The second-order valence-corrected chi connectivity index (χ2v) is 4.91. The van der Waals surface area contributed by atoms with Crippen molar-refractivity contribution in [1.29, 1.82) is 0 Å². The van der Waals surface area contributed by atoms with Gasteiger partial charge in [0.25, 0.3) is 0 Å². The lowest BCUT2D eigenvalue weighted by Crippen LogP contribution is -2.27. The van der Waals surface area contributed by atoms with Crippen LogP contribution in [-0.4, -0.2) is 17.9 Å². The number of pyridine rings is 1. The normalized spacial score (nSPS) is 11.7. The molecule has 0 N–H and O–H groups in total. The number of ketones is 1. The number of Topliss-reactive ketones (excluding diaryl/α,β-unsaturated/α-hetero) is 1. The maximum Gasteiger partial charge on any atom is 0.339 e. The summed E-state index contributed by atoms with van der Waals surface area (Å²) in [5.74, 6) is -0.891. The maximum absolute atomic E-state index is 12.2. The van der Waals surface area contributed by atoms with Gasteiger partial charge in [-0.25, -0.2) is 4.79 Å². The van der Waals surface area contributed by atoms with Gasteiger partial charge in [-0.05, 0) is 18.9 Å². The first kappa shape index (κ1) is 15.7. The molecular formula is C17H17NO4. The lowest BCUT2D eigenvalue weighted by Gasteiger charge is -2.12. The Morgan fingerprint density at radius 2 is 1.68 bits per heavy atom. The standard InChI is InChI=1S/C17H17NO4/c1-3-13-4-6-14(7-5-13)16(19)12(2)22-17(20)15-8-10-18(21)11-9-15/h4-12H,3H2,1-2H3/t12-/m0/s1. The zero-order chi connectivity index (χ0) is 16.1. The van der Waals surface area contributed by atoms with Crippen LogP contribution in [0.4, 0.5) is 0 Å². The molecule has 114 valence electrons. The van der Waals surface area contributed by atoms with Crippen molar-refractivity contribution in [2.45, 2.75) is 26.4 Å². The van der Waals surface area contributed by atoms with Crippen molar-refractivity contribution in [1.82, 2.24) is 0 Å². The van der Waals surface area contributed by atoms with Crippen molar-refractivity contribution in [3.8, 4) is 0 Å². The molecule has 0 bridgehead atoms. The van der Waals surface area contributed by atoms with E-state index in [2.05, 4.69) is 0 Å². The molecule has 1 heterocycles. The summed E-state index contributed by atoms with van der Waals surface area (Å²) in [6, 6.07) is 9.92. The number of ether oxygens (including phenoxy) is 1. The van der Waals surface area contributed by atoms with Crippen molar-refractivity contribution in [3.63, 3.8) is 0 Å². The largest absolute Gasteiger partial charge is 0.619 e. The van der Waals surface area contributed by atoms with Gasteiger partial charge in [0.2, 0.25) is 5.78 Å². The summed E-state index contributed by atoms with van der Waals surface area (Å²) in [5.41, 5.74) is 1.87. The van der Waals surface area contributed by atoms with Gasteiger partial charge in [-0.2, -0.15) is 4.73 Å². The Morgan fingerprint density at radius 1 is 1.09 bits per heavy atom. The summed E-state index contributed by atoms with van der Waals surface area (Å²) < 4.78 is 5.72. The molecule has 0 aliphatic heterocycles. The zero-order valence-corrected chi connectivity index (χ0v) is 12.5. The molecule has 0 aliphatic carbocycles. The Morgan fingerprint density at radius 3 is 2.23 bits per heavy atom. The monoisotopic (exact) mass is 299 g/mol. The van der Waals surface area contributed by atoms with Crippen molar-refractivity contribution < 1.29 is 19.1 Å². The van der Waals surface area contributed by atoms with Gasteiger partial charge < -0.3 is 9.94 Å². The lowest BCUT2D eigenvalue weighted by molar-refractivity contribution is -0.605. The smallest absolute Gasteiger partial charge is 0.339 e. The highest BCUT2D eigenvalue weighted by atomic mass is 16.5. The first-order valence-corrected chi connectivity index (χ1v) is 7.04. The summed E-state index contributed by atoms with van der Waals surface area (Å²) in [4.78, 5) is 24.2. The second-order valence-electron chi connectivity index (χ2n) is 4.91. The fourth-order valence-corrected chi connectivity index (χ4v) is 1.97. The Balaban J connectivity index is 2.03. The summed E-state index contributed by atoms with van der Waals surface area (Å²) >= 11 is 0. The van der Waals surface area contributed by atoms with Gasteiger partial charge >= 0.3 is 5.97 Å². The molecule has 1 atom stereocenters. The number of nitrogens with zero attached hydrogens (tertiary/aromatic N) is 1. The van der Waals surface area contributed by atoms with Gasteiger partial charge in [0.05, 0.1) is 5.56 Å². The van der Waals surface area contributed by atoms with E-state index in [1.165, 1.54) is 31.5 Å². The minimum atomic E-state index is -0.889. The van der Waals surface area contributed by atoms with Crippen LogP contribution in [0.2, 0.25) is 0 Å². The Hall–Kier alpha value is -2.69. The Bertz CT molecular complexity index is 662. The molecule has 0 saturated carbocycles. The molecule has 0 amide bonds. The molecule has 0 saturated heterocycles. The molecule has 1 aromatic carbocycles. The third kappa shape index (κ3) is 3.69. The van der Waals surface area contributed by atoms with Gasteiger partial charge in [-0.1, -0.05) is 31.2 Å². The first-order chi connectivity index (χ1) is 10.5. The number of hydrogen-bond donors (Lipinski definition) is 0. The van der Waals surface area contributed by atoms with Crippen LogP contribution in [0.3, 0.4) is 0 Å². The topological polar surface area (TPSA) is 70.3 Å². The van der Waals surface area contributed by atoms with Crippen LogP contribution in [0.25, 0.3) is 0 Å². The number of esters is 1. The van der Waals surface area contributed by atoms with Crippen LogP contribution in [0, 0.1) is 5.21 Å². The molecule has 0 unspecified atom stereocenters. The summed E-state index contributed by atoms with van der Waals surface area (Å²) in [6.45, 7) is 3.57. The Kier molecular flexibility index (Phi) is 4.88. The highest BCUT2D eigenvalue weighted by Gasteiger charge is 2.20. The minimum absolute atomic E-state index is 0.230. The van der Waals surface area contributed by atoms with Crippen molar-refractivity contribution in [3.05, 3.63) is 70.7 Å². The molecule has 0 spiro atoms. The van der Waals surface area contributed by atoms with Crippen molar-refractivity contribution in [2.24, 2.45) is 0 Å². The van der Waals surface area contributed by atoms with E-state index < -0.39 is 12.1 Å². The molecule has 5 nitrogen and oxygen atoms in total. The quantitative estimate of drug-likeness (QED) is 0.368. The van der Waals surface area contributed by atoms with E-state index in [0.717, 1.165) is 12.0 Å². The lowest BCUT2D eigenvalue weighted by atomic mass is 10.0. The number of aryl methyl sites for hydroxylation is 1. The van der Waals surface area contributed by atoms with Gasteiger partial charge in [0.1, 0.15) is 0 Å². The van der Waals surface area contributed by atoms with Crippen LogP contribution in [0.15, 0.2) is 48.8 Å². The highest BCUT2D eigenvalue weighted by Crippen LogP contribution is 2.11. The summed E-state index contributed by atoms with van der Waals surface area (Å²) in [6.07, 6.45) is 2.41. The highest BCUT2D eigenvalue weighted by molar-refractivity contribution is 6.01. The number of hydrogen-bond acceptors (Lipinski definition) is 4. The first-order valence-electron chi connectivity index (χ1n) is 7.04. The number of benzene rings is 1. The third-order valence-corrected chi connectivity index (χ3v) is 3.34. The number of carbonyl (C=O) groups excluding carboxylic acids is 2. The van der Waals surface area contributed by atoms with E-state index in [4.69, 9.17) is 4.74 Å². The molecule has 0 aliphatic rings. The Labute approximate surface area is 128 Å². The van der Waals surface area contributed by atoms with Crippen LogP contribution < -0.4 is 4.73 Å². The molecule has 0 fully saturated rings. The minimum Gasteiger partial charge on any atom is -0.619 e. The number of rotatable bonds is 5. The number of carbonyl (C=O) groups is 2. The van der Waals surface area contributed by atoms with E-state index in [1.807, 2.05) is 19.1 Å². The maximum atomic E-state index is 12.2. The van der Waals surface area contributed by atoms with Gasteiger partial charge in [-0.15, -0.1) is 0 Å².